The largest absolute Gasteiger partial charge is 0.458 e. The number of aryl methyl sites for hydroxylation is 10. The Morgan fingerprint density at radius 2 is 0.559 bits per heavy atom. The van der Waals surface area contributed by atoms with E-state index in [0.29, 0.717) is 21.6 Å². The van der Waals surface area contributed by atoms with Gasteiger partial charge in [0, 0.05) is 5.41 Å². The molecule has 0 N–H and O–H groups in total. The van der Waals surface area contributed by atoms with Crippen LogP contribution in [0.4, 0.5) is 0 Å². The maximum Gasteiger partial charge on any atom is 0.206 e. The molecule has 0 amide bonds. The zero-order valence-corrected chi connectivity index (χ0v) is 57.9. The fraction of sp³-hybridized carbons (Fsp3) is 0.218. The standard InChI is InChI=1S/C20H20O2.C17H20.C14H14O2S.C14H14O.C14H16.C8H10/c1-15-3-7-17(8-4-15)21-19-11-13-20(14-12-19)22-18-9-5-16(2)6-10-18;1-13-5-9-15(10-6-13)17(3,4)16-11-7-14(2)8-12-16;1-11-3-7-13(8-4-11)17(15,16)14-9-5-12(2)6-10-14;1-11-3-7-13(8-4-11)15-14-9-5-12(2)6-10-14;1-11-3-7-13(8-4-11)14-9-5-12(2)6-10-14;1-7-3-5-8(2)6-4-7/h3-5,7-14,16H,6H2,1-2H3;5-12H,1-4H3;3-10H,1-2H3;3-10H,1-2H3;3-5,7-10,12H,6H2,1-2H3;3-6H,1-2H3/t16-;;;;12-;/m1...1./s1. The van der Waals surface area contributed by atoms with Crippen molar-refractivity contribution in [1.29, 1.82) is 0 Å². The molecule has 0 bridgehead atoms. The quantitative estimate of drug-likeness (QED) is 0.129. The summed E-state index contributed by atoms with van der Waals surface area (Å²) in [6.07, 6.45) is 15.4. The van der Waals surface area contributed by atoms with Crippen molar-refractivity contribution in [2.24, 2.45) is 11.8 Å². The molecule has 12 rings (SSSR count). The van der Waals surface area contributed by atoms with Gasteiger partial charge in [-0.1, -0.05) is 265 Å². The molecule has 0 aromatic heterocycles. The van der Waals surface area contributed by atoms with Gasteiger partial charge in [-0.25, -0.2) is 8.42 Å². The van der Waals surface area contributed by atoms with Gasteiger partial charge in [-0.2, -0.15) is 0 Å². The molecule has 0 fully saturated rings. The Labute approximate surface area is 557 Å². The van der Waals surface area contributed by atoms with Crippen LogP contribution in [0, 0.1) is 81.1 Å². The summed E-state index contributed by atoms with van der Waals surface area (Å²) in [6.45, 7) is 29.6. The van der Waals surface area contributed by atoms with Gasteiger partial charge in [0.25, 0.3) is 0 Å². The van der Waals surface area contributed by atoms with Crippen LogP contribution in [0.2, 0.25) is 0 Å². The maximum absolute atomic E-state index is 12.3. The fourth-order valence-corrected chi connectivity index (χ4v) is 10.8. The molecule has 0 unspecified atom stereocenters. The zero-order valence-electron chi connectivity index (χ0n) is 57.1. The number of allylic oxidation sites excluding steroid dienone is 7. The first kappa shape index (κ1) is 71.0. The lowest BCUT2D eigenvalue weighted by molar-refractivity contribution is 0.432. The van der Waals surface area contributed by atoms with E-state index in [1.165, 1.54) is 73.2 Å². The highest BCUT2D eigenvalue weighted by Crippen LogP contribution is 2.33. The summed E-state index contributed by atoms with van der Waals surface area (Å²) < 4.78 is 41.9. The average molecular weight is 1250 g/mol. The summed E-state index contributed by atoms with van der Waals surface area (Å²) in [5.41, 5.74) is 17.9. The van der Waals surface area contributed by atoms with Crippen molar-refractivity contribution in [3.05, 3.63) is 357 Å². The molecular weight excluding hydrogens is 1160 g/mol. The predicted molar refractivity (Wildman–Crippen MR) is 392 cm³/mol. The van der Waals surface area contributed by atoms with Crippen LogP contribution in [0.25, 0.3) is 5.57 Å². The Kier molecular flexibility index (Phi) is 26.6. The van der Waals surface area contributed by atoms with Crippen molar-refractivity contribution < 1.29 is 22.6 Å². The zero-order chi connectivity index (χ0) is 66.9. The van der Waals surface area contributed by atoms with E-state index in [2.05, 4.69) is 211 Å². The van der Waals surface area contributed by atoms with Crippen LogP contribution in [0.1, 0.15) is 113 Å². The predicted octanol–water partition coefficient (Wildman–Crippen LogP) is 23.8. The maximum atomic E-state index is 12.3. The molecule has 5 nitrogen and oxygen atoms in total. The molecule has 478 valence electrons. The minimum absolute atomic E-state index is 0.0708. The van der Waals surface area contributed by atoms with Crippen LogP contribution in [0.15, 0.2) is 295 Å². The highest BCUT2D eigenvalue weighted by molar-refractivity contribution is 7.91. The van der Waals surface area contributed by atoms with Crippen LogP contribution in [-0.2, 0) is 15.3 Å². The molecule has 10 aromatic rings. The molecule has 0 radical (unpaired) electrons. The van der Waals surface area contributed by atoms with Gasteiger partial charge in [0.2, 0.25) is 9.84 Å². The Morgan fingerprint density at radius 1 is 0.312 bits per heavy atom. The summed E-state index contributed by atoms with van der Waals surface area (Å²) in [7, 11) is -3.37. The third-order valence-electron chi connectivity index (χ3n) is 16.0. The molecule has 10 aromatic carbocycles. The molecule has 0 aliphatic heterocycles. The van der Waals surface area contributed by atoms with Crippen LogP contribution in [0.3, 0.4) is 0 Å². The van der Waals surface area contributed by atoms with Crippen LogP contribution in [0.5, 0.6) is 28.7 Å². The number of rotatable bonds is 11. The third kappa shape index (κ3) is 23.6. The minimum atomic E-state index is -3.37. The van der Waals surface area contributed by atoms with Crippen molar-refractivity contribution in [3.8, 4) is 28.7 Å². The Balaban J connectivity index is 0.000000161. The van der Waals surface area contributed by atoms with Crippen LogP contribution < -0.4 is 14.2 Å². The normalized spacial score (nSPS) is 13.7. The Bertz CT molecular complexity index is 3960. The number of sulfone groups is 1. The summed E-state index contributed by atoms with van der Waals surface area (Å²) >= 11 is 0. The molecule has 2 aliphatic rings. The van der Waals surface area contributed by atoms with Gasteiger partial charge in [-0.3, -0.25) is 0 Å². The van der Waals surface area contributed by atoms with E-state index in [-0.39, 0.29) is 5.41 Å². The van der Waals surface area contributed by atoms with Gasteiger partial charge in [0.15, 0.2) is 0 Å². The van der Waals surface area contributed by atoms with Gasteiger partial charge in [-0.15, -0.1) is 0 Å². The molecule has 0 heterocycles. The molecule has 0 spiro atoms. The number of hydrogen-bond acceptors (Lipinski definition) is 5. The molecule has 0 saturated heterocycles. The molecular formula is C87H94O5S. The van der Waals surface area contributed by atoms with Gasteiger partial charge >= 0.3 is 0 Å². The van der Waals surface area contributed by atoms with Gasteiger partial charge in [0.05, 0.1) is 9.79 Å². The van der Waals surface area contributed by atoms with E-state index in [9.17, 15) is 8.42 Å². The summed E-state index contributed by atoms with van der Waals surface area (Å²) in [6, 6.07) is 80.5. The second-order valence-corrected chi connectivity index (χ2v) is 27.1. The first-order valence-electron chi connectivity index (χ1n) is 32.2. The summed E-state index contributed by atoms with van der Waals surface area (Å²) in [5, 5.41) is 0. The second-order valence-electron chi connectivity index (χ2n) is 25.1. The average Bonchev–Trinajstić information content (AvgIpc) is 0.934. The number of ether oxygens (including phenoxy) is 3. The van der Waals surface area contributed by atoms with Crippen LogP contribution in [-0.4, -0.2) is 8.42 Å². The van der Waals surface area contributed by atoms with Gasteiger partial charge in [-0.05, 0) is 213 Å². The van der Waals surface area contributed by atoms with Crippen LogP contribution >= 0.6 is 0 Å². The molecule has 2 atom stereocenters. The topological polar surface area (TPSA) is 61.8 Å². The van der Waals surface area contributed by atoms with E-state index in [0.717, 1.165) is 52.1 Å². The van der Waals surface area contributed by atoms with E-state index in [1.54, 1.807) is 48.5 Å². The van der Waals surface area contributed by atoms with Crippen molar-refractivity contribution in [2.75, 3.05) is 0 Å². The summed E-state index contributed by atoms with van der Waals surface area (Å²) in [5.74, 6) is 6.42. The molecule has 2 aliphatic carbocycles. The Morgan fingerprint density at radius 3 is 0.849 bits per heavy atom. The lowest BCUT2D eigenvalue weighted by Gasteiger charge is -2.26. The smallest absolute Gasteiger partial charge is 0.206 e. The fourth-order valence-electron chi connectivity index (χ4n) is 9.59. The monoisotopic (exact) mass is 1250 g/mol. The molecule has 0 saturated carbocycles. The first-order chi connectivity index (χ1) is 44.5. The van der Waals surface area contributed by atoms with Gasteiger partial charge in [0.1, 0.15) is 34.5 Å². The van der Waals surface area contributed by atoms with Crippen molar-refractivity contribution in [1.82, 2.24) is 0 Å². The first-order valence-corrected chi connectivity index (χ1v) is 33.7. The van der Waals surface area contributed by atoms with Crippen molar-refractivity contribution in [3.63, 3.8) is 0 Å². The van der Waals surface area contributed by atoms with E-state index in [1.807, 2.05) is 117 Å². The van der Waals surface area contributed by atoms with Crippen molar-refractivity contribution >= 4 is 15.4 Å². The molecule has 93 heavy (non-hydrogen) atoms. The summed E-state index contributed by atoms with van der Waals surface area (Å²) in [4.78, 5) is 0.680. The second kappa shape index (κ2) is 34.8. The minimum Gasteiger partial charge on any atom is -0.458 e. The van der Waals surface area contributed by atoms with E-state index < -0.39 is 9.84 Å². The lowest BCUT2D eigenvalue weighted by atomic mass is 9.78. The number of benzene rings is 10. The SMILES string of the molecule is Cc1ccc(C(C)(C)c2ccc(C)cc2)cc1.Cc1ccc(C)cc1.Cc1ccc(C2=CC[C@H](C)C=C2)cc1.Cc1ccc(Oc2ccc(C)cc2)cc1.Cc1ccc(Oc2ccc(OC3=CC[C@H](C)C=C3)cc2)cc1.Cc1ccc(S(=O)(=O)c2ccc(C)cc2)cc1. The van der Waals surface area contributed by atoms with Gasteiger partial charge < -0.3 is 14.2 Å². The Hall–Kier alpha value is -9.49. The van der Waals surface area contributed by atoms with Crippen molar-refractivity contribution in [2.45, 2.75) is 125 Å². The molecule has 6 heteroatoms. The highest BCUT2D eigenvalue weighted by Gasteiger charge is 2.23. The van der Waals surface area contributed by atoms with E-state index >= 15 is 0 Å². The highest BCUT2D eigenvalue weighted by atomic mass is 32.2. The lowest BCUT2D eigenvalue weighted by Crippen LogP contribution is -2.18. The number of hydrogen-bond donors (Lipinski definition) is 0. The third-order valence-corrected chi connectivity index (χ3v) is 17.8. The van der Waals surface area contributed by atoms with E-state index in [4.69, 9.17) is 14.2 Å².